The summed E-state index contributed by atoms with van der Waals surface area (Å²) in [6, 6.07) is 8.64. The second-order valence-corrected chi connectivity index (χ2v) is 5.95. The first kappa shape index (κ1) is 13.4. The number of nitrogens with zero attached hydrogens (tertiary/aromatic N) is 1. The number of amides is 1. The van der Waals surface area contributed by atoms with Gasteiger partial charge < -0.3 is 11.1 Å². The molecule has 0 radical (unpaired) electrons. The first-order chi connectivity index (χ1) is 9.74. The third-order valence-corrected chi connectivity index (χ3v) is 4.27. The van der Waals surface area contributed by atoms with Gasteiger partial charge in [-0.3, -0.25) is 9.69 Å². The normalized spacial score (nSPS) is 23.4. The van der Waals surface area contributed by atoms with E-state index in [1.807, 2.05) is 12.1 Å². The predicted octanol–water partition coefficient (Wildman–Crippen LogP) is 1.90. The van der Waals surface area contributed by atoms with Crippen molar-refractivity contribution in [1.29, 1.82) is 0 Å². The molecule has 3 rings (SSSR count). The zero-order valence-electron chi connectivity index (χ0n) is 11.8. The molecule has 108 valence electrons. The van der Waals surface area contributed by atoms with E-state index in [-0.39, 0.29) is 11.9 Å². The Bertz CT molecular complexity index is 467. The van der Waals surface area contributed by atoms with Gasteiger partial charge in [0.25, 0.3) is 0 Å². The maximum Gasteiger partial charge on any atom is 0.237 e. The van der Waals surface area contributed by atoms with Crippen LogP contribution in [0, 0.1) is 0 Å². The zero-order valence-corrected chi connectivity index (χ0v) is 11.8. The Kier molecular flexibility index (Phi) is 3.92. The SMILES string of the molecule is Nc1ccc(CN(C2CC2)C2CCCCNC2=O)cc1. The van der Waals surface area contributed by atoms with Crippen molar-refractivity contribution < 1.29 is 4.79 Å². The van der Waals surface area contributed by atoms with Gasteiger partial charge in [0.2, 0.25) is 5.91 Å². The number of hydrogen-bond acceptors (Lipinski definition) is 3. The van der Waals surface area contributed by atoms with Crippen LogP contribution in [0.4, 0.5) is 5.69 Å². The van der Waals surface area contributed by atoms with Crippen LogP contribution in [0.2, 0.25) is 0 Å². The van der Waals surface area contributed by atoms with E-state index in [0.29, 0.717) is 6.04 Å². The molecule has 3 N–H and O–H groups in total. The van der Waals surface area contributed by atoms with E-state index in [2.05, 4.69) is 22.3 Å². The lowest BCUT2D eigenvalue weighted by Crippen LogP contribution is -2.46. The number of nitrogen functional groups attached to an aromatic ring is 1. The van der Waals surface area contributed by atoms with E-state index in [1.54, 1.807) is 0 Å². The second-order valence-electron chi connectivity index (χ2n) is 5.95. The van der Waals surface area contributed by atoms with E-state index in [4.69, 9.17) is 5.73 Å². The van der Waals surface area contributed by atoms with Crippen molar-refractivity contribution in [1.82, 2.24) is 10.2 Å². The number of hydrogen-bond donors (Lipinski definition) is 2. The summed E-state index contributed by atoms with van der Waals surface area (Å²) in [6.07, 6.45) is 5.66. The second kappa shape index (κ2) is 5.83. The van der Waals surface area contributed by atoms with E-state index >= 15 is 0 Å². The summed E-state index contributed by atoms with van der Waals surface area (Å²) in [5.41, 5.74) is 7.77. The Balaban J connectivity index is 1.74. The van der Waals surface area contributed by atoms with Gasteiger partial charge in [-0.15, -0.1) is 0 Å². The number of benzene rings is 1. The van der Waals surface area contributed by atoms with E-state index in [1.165, 1.54) is 18.4 Å². The highest BCUT2D eigenvalue weighted by Gasteiger charge is 2.37. The molecule has 0 aromatic heterocycles. The Morgan fingerprint density at radius 2 is 1.90 bits per heavy atom. The molecule has 1 aromatic carbocycles. The molecule has 1 amide bonds. The number of carbonyl (C=O) groups is 1. The maximum absolute atomic E-state index is 12.3. The molecular weight excluding hydrogens is 250 g/mol. The molecule has 1 atom stereocenters. The lowest BCUT2D eigenvalue weighted by atomic mass is 10.1. The van der Waals surface area contributed by atoms with Gasteiger partial charge in [0.1, 0.15) is 0 Å². The van der Waals surface area contributed by atoms with Crippen LogP contribution in [-0.2, 0) is 11.3 Å². The zero-order chi connectivity index (χ0) is 13.9. The first-order valence-electron chi connectivity index (χ1n) is 7.62. The van der Waals surface area contributed by atoms with Crippen LogP contribution in [-0.4, -0.2) is 29.4 Å². The van der Waals surface area contributed by atoms with Crippen LogP contribution in [0.3, 0.4) is 0 Å². The van der Waals surface area contributed by atoms with Crippen molar-refractivity contribution in [2.24, 2.45) is 0 Å². The number of carbonyl (C=O) groups excluding carboxylic acids is 1. The van der Waals surface area contributed by atoms with Crippen LogP contribution in [0.1, 0.15) is 37.7 Å². The summed E-state index contributed by atoms with van der Waals surface area (Å²) < 4.78 is 0. The van der Waals surface area contributed by atoms with Crippen molar-refractivity contribution >= 4 is 11.6 Å². The van der Waals surface area contributed by atoms with Crippen LogP contribution < -0.4 is 11.1 Å². The van der Waals surface area contributed by atoms with E-state index in [0.717, 1.165) is 38.0 Å². The van der Waals surface area contributed by atoms with Gasteiger partial charge in [0.05, 0.1) is 6.04 Å². The van der Waals surface area contributed by atoms with E-state index < -0.39 is 0 Å². The lowest BCUT2D eigenvalue weighted by molar-refractivity contribution is -0.126. The topological polar surface area (TPSA) is 58.4 Å². The third-order valence-electron chi connectivity index (χ3n) is 4.27. The molecule has 1 saturated heterocycles. The summed E-state index contributed by atoms with van der Waals surface area (Å²) in [5.74, 6) is 0.213. The van der Waals surface area contributed by atoms with E-state index in [9.17, 15) is 4.79 Å². The summed E-state index contributed by atoms with van der Waals surface area (Å²) in [7, 11) is 0. The van der Waals surface area contributed by atoms with Gasteiger partial charge in [0.15, 0.2) is 0 Å². The Morgan fingerprint density at radius 1 is 1.15 bits per heavy atom. The number of nitrogens with two attached hydrogens (primary N) is 1. The molecule has 0 bridgehead atoms. The highest BCUT2D eigenvalue weighted by atomic mass is 16.2. The van der Waals surface area contributed by atoms with Gasteiger partial charge in [-0.05, 0) is 49.8 Å². The fourth-order valence-electron chi connectivity index (χ4n) is 2.97. The van der Waals surface area contributed by atoms with Gasteiger partial charge in [0, 0.05) is 24.8 Å². The third kappa shape index (κ3) is 3.12. The highest BCUT2D eigenvalue weighted by molar-refractivity contribution is 5.82. The predicted molar refractivity (Wildman–Crippen MR) is 80.1 cm³/mol. The summed E-state index contributed by atoms with van der Waals surface area (Å²) >= 11 is 0. The summed E-state index contributed by atoms with van der Waals surface area (Å²) in [4.78, 5) is 14.7. The highest BCUT2D eigenvalue weighted by Crippen LogP contribution is 2.32. The monoisotopic (exact) mass is 273 g/mol. The Labute approximate surface area is 120 Å². The molecule has 1 heterocycles. The smallest absolute Gasteiger partial charge is 0.237 e. The van der Waals surface area contributed by atoms with Gasteiger partial charge >= 0.3 is 0 Å². The van der Waals surface area contributed by atoms with Crippen LogP contribution >= 0.6 is 0 Å². The van der Waals surface area contributed by atoms with Crippen LogP contribution in [0.15, 0.2) is 24.3 Å². The molecule has 1 unspecified atom stereocenters. The average Bonchev–Trinajstić information content (AvgIpc) is 3.27. The van der Waals surface area contributed by atoms with Crippen LogP contribution in [0.25, 0.3) is 0 Å². The largest absolute Gasteiger partial charge is 0.399 e. The summed E-state index contributed by atoms with van der Waals surface area (Å²) in [6.45, 7) is 1.68. The Hall–Kier alpha value is -1.55. The van der Waals surface area contributed by atoms with Gasteiger partial charge in [-0.2, -0.15) is 0 Å². The fraction of sp³-hybridized carbons (Fsp3) is 0.562. The molecular formula is C16H23N3O. The number of rotatable bonds is 4. The minimum absolute atomic E-state index is 0.0440. The van der Waals surface area contributed by atoms with Gasteiger partial charge in [-0.25, -0.2) is 0 Å². The van der Waals surface area contributed by atoms with Crippen molar-refractivity contribution in [2.45, 2.75) is 50.7 Å². The molecule has 20 heavy (non-hydrogen) atoms. The van der Waals surface area contributed by atoms with Crippen molar-refractivity contribution in [3.05, 3.63) is 29.8 Å². The van der Waals surface area contributed by atoms with Crippen molar-refractivity contribution in [2.75, 3.05) is 12.3 Å². The lowest BCUT2D eigenvalue weighted by Gasteiger charge is -2.30. The summed E-state index contributed by atoms with van der Waals surface area (Å²) in [5, 5.41) is 3.05. The molecule has 2 fully saturated rings. The van der Waals surface area contributed by atoms with Crippen LogP contribution in [0.5, 0.6) is 0 Å². The van der Waals surface area contributed by atoms with Crippen molar-refractivity contribution in [3.8, 4) is 0 Å². The average molecular weight is 273 g/mol. The molecule has 4 heteroatoms. The minimum Gasteiger partial charge on any atom is -0.399 e. The van der Waals surface area contributed by atoms with Gasteiger partial charge in [-0.1, -0.05) is 12.1 Å². The molecule has 1 aliphatic carbocycles. The minimum atomic E-state index is 0.0440. The number of nitrogens with one attached hydrogen (secondary N) is 1. The molecule has 4 nitrogen and oxygen atoms in total. The molecule has 1 saturated carbocycles. The Morgan fingerprint density at radius 3 is 2.60 bits per heavy atom. The maximum atomic E-state index is 12.3. The first-order valence-corrected chi connectivity index (χ1v) is 7.62. The molecule has 1 aliphatic heterocycles. The van der Waals surface area contributed by atoms with Crippen molar-refractivity contribution in [3.63, 3.8) is 0 Å². The standard InChI is InChI=1S/C16H23N3O/c17-13-6-4-12(5-7-13)11-19(14-8-9-14)15-3-1-2-10-18-16(15)20/h4-7,14-15H,1-3,8-11,17H2,(H,18,20). The molecule has 0 spiro atoms. The fourth-order valence-corrected chi connectivity index (χ4v) is 2.97. The molecule has 1 aromatic rings. The molecule has 2 aliphatic rings. The quantitative estimate of drug-likeness (QED) is 0.824. The number of anilines is 1.